The second-order valence-electron chi connectivity index (χ2n) is 3.79. The van der Waals surface area contributed by atoms with Crippen LogP contribution in [0.4, 0.5) is 0 Å². The molecule has 0 fully saturated rings. The summed E-state index contributed by atoms with van der Waals surface area (Å²) < 4.78 is 1.82. The summed E-state index contributed by atoms with van der Waals surface area (Å²) in [5, 5.41) is 5.58. The molecule has 2 rings (SSSR count). The minimum atomic E-state index is 0.572. The minimum absolute atomic E-state index is 0.572. The van der Waals surface area contributed by atoms with Crippen molar-refractivity contribution in [2.24, 2.45) is 5.73 Å². The van der Waals surface area contributed by atoms with Gasteiger partial charge in [0.2, 0.25) is 0 Å². The maximum atomic E-state index is 6.10. The normalized spacial score (nSPS) is 10.8. The minimum Gasteiger partial charge on any atom is -0.330 e. The Balaban J connectivity index is 2.19. The summed E-state index contributed by atoms with van der Waals surface area (Å²) in [5.41, 5.74) is 7.50. The average Bonchev–Trinajstić information content (AvgIpc) is 2.72. The predicted octanol–water partition coefficient (Wildman–Crippen LogP) is 2.74. The van der Waals surface area contributed by atoms with E-state index in [9.17, 15) is 0 Å². The topological polar surface area (TPSA) is 43.8 Å². The standard InChI is InChI=1S/C12H13Cl2N3/c13-11-2-1-3-12(14)10(11)8-17-7-9(4-5-15)6-16-17/h1-3,6-7H,4-5,8,15H2. The molecule has 0 spiro atoms. The first kappa shape index (κ1) is 12.4. The molecule has 0 radical (unpaired) electrons. The van der Waals surface area contributed by atoms with Crippen molar-refractivity contribution in [2.45, 2.75) is 13.0 Å². The van der Waals surface area contributed by atoms with Crippen LogP contribution < -0.4 is 5.73 Å². The van der Waals surface area contributed by atoms with Crippen molar-refractivity contribution in [1.29, 1.82) is 0 Å². The Bertz CT molecular complexity index is 488. The molecule has 17 heavy (non-hydrogen) atoms. The van der Waals surface area contributed by atoms with Gasteiger partial charge in [-0.3, -0.25) is 4.68 Å². The highest BCUT2D eigenvalue weighted by atomic mass is 35.5. The van der Waals surface area contributed by atoms with E-state index in [0.29, 0.717) is 23.1 Å². The first-order valence-corrected chi connectivity index (χ1v) is 6.10. The van der Waals surface area contributed by atoms with Crippen LogP contribution in [-0.4, -0.2) is 16.3 Å². The van der Waals surface area contributed by atoms with Gasteiger partial charge in [-0.2, -0.15) is 5.10 Å². The van der Waals surface area contributed by atoms with Crippen LogP contribution in [0.1, 0.15) is 11.1 Å². The highest BCUT2D eigenvalue weighted by Crippen LogP contribution is 2.24. The molecule has 90 valence electrons. The molecule has 0 bridgehead atoms. The molecular formula is C12H13Cl2N3. The molecule has 1 heterocycles. The number of nitrogens with two attached hydrogens (primary N) is 1. The van der Waals surface area contributed by atoms with E-state index in [0.717, 1.165) is 17.5 Å². The van der Waals surface area contributed by atoms with Crippen LogP contribution in [0.3, 0.4) is 0 Å². The van der Waals surface area contributed by atoms with Crippen molar-refractivity contribution in [3.63, 3.8) is 0 Å². The fraction of sp³-hybridized carbons (Fsp3) is 0.250. The quantitative estimate of drug-likeness (QED) is 0.928. The Morgan fingerprint density at radius 2 is 1.94 bits per heavy atom. The van der Waals surface area contributed by atoms with Gasteiger partial charge in [-0.05, 0) is 30.7 Å². The molecule has 0 aliphatic heterocycles. The SMILES string of the molecule is NCCc1cnn(Cc2c(Cl)cccc2Cl)c1. The first-order valence-electron chi connectivity index (χ1n) is 5.35. The second-order valence-corrected chi connectivity index (χ2v) is 4.60. The number of nitrogens with zero attached hydrogens (tertiary/aromatic N) is 2. The Labute approximate surface area is 110 Å². The Morgan fingerprint density at radius 1 is 1.24 bits per heavy atom. The zero-order valence-corrected chi connectivity index (χ0v) is 10.7. The fourth-order valence-corrected chi connectivity index (χ4v) is 2.15. The zero-order chi connectivity index (χ0) is 12.3. The fourth-order valence-electron chi connectivity index (χ4n) is 1.63. The molecular weight excluding hydrogens is 257 g/mol. The maximum absolute atomic E-state index is 6.10. The van der Waals surface area contributed by atoms with Gasteiger partial charge >= 0.3 is 0 Å². The van der Waals surface area contributed by atoms with Gasteiger partial charge in [-0.25, -0.2) is 0 Å². The summed E-state index contributed by atoms with van der Waals surface area (Å²) in [7, 11) is 0. The maximum Gasteiger partial charge on any atom is 0.0688 e. The molecule has 0 aliphatic rings. The Morgan fingerprint density at radius 3 is 2.59 bits per heavy atom. The summed E-state index contributed by atoms with van der Waals surface area (Å²) in [6.07, 6.45) is 4.61. The molecule has 3 nitrogen and oxygen atoms in total. The molecule has 0 saturated carbocycles. The van der Waals surface area contributed by atoms with E-state index in [1.54, 1.807) is 0 Å². The average molecular weight is 270 g/mol. The monoisotopic (exact) mass is 269 g/mol. The highest BCUT2D eigenvalue weighted by Gasteiger charge is 2.07. The lowest BCUT2D eigenvalue weighted by molar-refractivity contribution is 0.686. The third-order valence-electron chi connectivity index (χ3n) is 2.50. The van der Waals surface area contributed by atoms with Gasteiger partial charge in [0.1, 0.15) is 0 Å². The Kier molecular flexibility index (Phi) is 4.05. The second kappa shape index (κ2) is 5.54. The van der Waals surface area contributed by atoms with Crippen LogP contribution in [0.25, 0.3) is 0 Å². The van der Waals surface area contributed by atoms with Gasteiger partial charge in [0.25, 0.3) is 0 Å². The van der Waals surface area contributed by atoms with Crippen LogP contribution in [0, 0.1) is 0 Å². The number of halogens is 2. The molecule has 0 amide bonds. The van der Waals surface area contributed by atoms with Crippen LogP contribution in [0.2, 0.25) is 10.0 Å². The largest absolute Gasteiger partial charge is 0.330 e. The van der Waals surface area contributed by atoms with Crippen LogP contribution >= 0.6 is 23.2 Å². The van der Waals surface area contributed by atoms with Crippen molar-refractivity contribution >= 4 is 23.2 Å². The van der Waals surface area contributed by atoms with Crippen LogP contribution in [0.5, 0.6) is 0 Å². The Hall–Kier alpha value is -1.03. The third kappa shape index (κ3) is 3.00. The van der Waals surface area contributed by atoms with E-state index >= 15 is 0 Å². The molecule has 0 atom stereocenters. The summed E-state index contributed by atoms with van der Waals surface area (Å²) in [6, 6.07) is 5.48. The van der Waals surface area contributed by atoms with Gasteiger partial charge in [-0.1, -0.05) is 29.3 Å². The van der Waals surface area contributed by atoms with Crippen molar-refractivity contribution in [3.05, 3.63) is 51.8 Å². The van der Waals surface area contributed by atoms with Crippen molar-refractivity contribution in [3.8, 4) is 0 Å². The van der Waals surface area contributed by atoms with Gasteiger partial charge < -0.3 is 5.73 Å². The number of rotatable bonds is 4. The summed E-state index contributed by atoms with van der Waals surface area (Å²) in [6.45, 7) is 1.20. The molecule has 2 N–H and O–H groups in total. The van der Waals surface area contributed by atoms with Crippen LogP contribution in [-0.2, 0) is 13.0 Å². The van der Waals surface area contributed by atoms with Crippen molar-refractivity contribution in [2.75, 3.05) is 6.54 Å². The van der Waals surface area contributed by atoms with Gasteiger partial charge in [0.15, 0.2) is 0 Å². The summed E-state index contributed by atoms with van der Waals surface area (Å²) in [5.74, 6) is 0. The number of hydrogen-bond acceptors (Lipinski definition) is 2. The highest BCUT2D eigenvalue weighted by molar-refractivity contribution is 6.35. The van der Waals surface area contributed by atoms with E-state index in [1.807, 2.05) is 35.3 Å². The molecule has 1 aromatic carbocycles. The molecule has 0 unspecified atom stereocenters. The van der Waals surface area contributed by atoms with Crippen molar-refractivity contribution < 1.29 is 0 Å². The molecule has 2 aromatic rings. The lowest BCUT2D eigenvalue weighted by atomic mass is 10.2. The molecule has 5 heteroatoms. The predicted molar refractivity (Wildman–Crippen MR) is 70.5 cm³/mol. The lowest BCUT2D eigenvalue weighted by Crippen LogP contribution is -2.03. The van der Waals surface area contributed by atoms with Gasteiger partial charge in [-0.15, -0.1) is 0 Å². The summed E-state index contributed by atoms with van der Waals surface area (Å²) >= 11 is 12.2. The molecule has 0 aliphatic carbocycles. The molecule has 1 aromatic heterocycles. The van der Waals surface area contributed by atoms with E-state index in [4.69, 9.17) is 28.9 Å². The lowest BCUT2D eigenvalue weighted by Gasteiger charge is -2.06. The van der Waals surface area contributed by atoms with Gasteiger partial charge in [0, 0.05) is 21.8 Å². The number of hydrogen-bond donors (Lipinski definition) is 1. The summed E-state index contributed by atoms with van der Waals surface area (Å²) in [4.78, 5) is 0. The van der Waals surface area contributed by atoms with Gasteiger partial charge in [0.05, 0.1) is 12.7 Å². The van der Waals surface area contributed by atoms with E-state index < -0.39 is 0 Å². The van der Waals surface area contributed by atoms with Crippen LogP contribution in [0.15, 0.2) is 30.6 Å². The first-order chi connectivity index (χ1) is 8.20. The third-order valence-corrected chi connectivity index (χ3v) is 3.21. The number of benzene rings is 1. The van der Waals surface area contributed by atoms with E-state index in [1.165, 1.54) is 0 Å². The zero-order valence-electron chi connectivity index (χ0n) is 9.24. The van der Waals surface area contributed by atoms with E-state index in [2.05, 4.69) is 5.10 Å². The van der Waals surface area contributed by atoms with Crippen molar-refractivity contribution in [1.82, 2.24) is 9.78 Å². The number of aromatic nitrogens is 2. The molecule has 0 saturated heterocycles. The smallest absolute Gasteiger partial charge is 0.0688 e. The van der Waals surface area contributed by atoms with E-state index in [-0.39, 0.29) is 0 Å².